The Morgan fingerprint density at radius 2 is 2.31 bits per heavy atom. The van der Waals surface area contributed by atoms with E-state index in [1.807, 2.05) is 11.8 Å². The van der Waals surface area contributed by atoms with Gasteiger partial charge in [0.1, 0.15) is 5.60 Å². The van der Waals surface area contributed by atoms with Gasteiger partial charge >= 0.3 is 0 Å². The highest BCUT2D eigenvalue weighted by atomic mass is 16.5. The number of nitrogens with two attached hydrogens (primary N) is 1. The first kappa shape index (κ1) is 11.9. The molecule has 1 amide bonds. The van der Waals surface area contributed by atoms with E-state index in [0.29, 0.717) is 6.61 Å². The molecule has 4 heteroatoms. The summed E-state index contributed by atoms with van der Waals surface area (Å²) in [6.07, 6.45) is 3.65. The number of amides is 1. The largest absolute Gasteiger partial charge is 0.365 e. The summed E-state index contributed by atoms with van der Waals surface area (Å²) in [5.41, 5.74) is 5.33. The molecule has 0 spiro atoms. The second kappa shape index (κ2) is 4.34. The fourth-order valence-corrected chi connectivity index (χ4v) is 2.76. The van der Waals surface area contributed by atoms with Crippen LogP contribution in [0.4, 0.5) is 0 Å². The lowest BCUT2D eigenvalue weighted by Crippen LogP contribution is -2.55. The summed E-state index contributed by atoms with van der Waals surface area (Å²) in [7, 11) is 0. The molecule has 2 heterocycles. The normalized spacial score (nSPS) is 40.1. The molecule has 0 aromatic rings. The summed E-state index contributed by atoms with van der Waals surface area (Å²) in [6.45, 7) is 5.49. The van der Waals surface area contributed by atoms with E-state index in [1.54, 1.807) is 0 Å². The number of hydrogen-bond acceptors (Lipinski definition) is 3. The van der Waals surface area contributed by atoms with Gasteiger partial charge in [-0.2, -0.15) is 0 Å². The molecule has 0 aromatic heterocycles. The van der Waals surface area contributed by atoms with Crippen molar-refractivity contribution in [1.29, 1.82) is 0 Å². The summed E-state index contributed by atoms with van der Waals surface area (Å²) in [5, 5.41) is 0. The van der Waals surface area contributed by atoms with Crippen molar-refractivity contribution in [2.45, 2.75) is 57.2 Å². The number of nitrogens with zero attached hydrogens (tertiary/aromatic N) is 1. The van der Waals surface area contributed by atoms with Crippen LogP contribution in [0.25, 0.3) is 0 Å². The van der Waals surface area contributed by atoms with E-state index in [0.717, 1.165) is 32.2 Å². The van der Waals surface area contributed by atoms with Crippen LogP contribution in [0.2, 0.25) is 0 Å². The van der Waals surface area contributed by atoms with Crippen molar-refractivity contribution >= 4 is 5.91 Å². The molecule has 16 heavy (non-hydrogen) atoms. The standard InChI is InChI=1S/C12H22N2O2/c1-9-8-10(13)4-6-14(9)11(15)12(2)5-3-7-16-12/h9-10H,3-8,13H2,1-2H3. The second-order valence-electron chi connectivity index (χ2n) is 5.31. The molecule has 92 valence electrons. The Balaban J connectivity index is 2.04. The van der Waals surface area contributed by atoms with Crippen LogP contribution < -0.4 is 5.73 Å². The zero-order chi connectivity index (χ0) is 11.8. The Bertz CT molecular complexity index is 274. The molecule has 3 unspecified atom stereocenters. The molecule has 2 aliphatic rings. The number of likely N-dealkylation sites (tertiary alicyclic amines) is 1. The SMILES string of the molecule is CC1CC(N)CCN1C(=O)C1(C)CCCO1. The minimum absolute atomic E-state index is 0.157. The molecule has 2 saturated heterocycles. The average molecular weight is 226 g/mol. The van der Waals surface area contributed by atoms with Gasteiger partial charge in [0.25, 0.3) is 5.91 Å². The molecule has 3 atom stereocenters. The third kappa shape index (κ3) is 2.09. The van der Waals surface area contributed by atoms with Crippen LogP contribution in [0, 0.1) is 0 Å². The minimum Gasteiger partial charge on any atom is -0.365 e. The van der Waals surface area contributed by atoms with Crippen molar-refractivity contribution in [1.82, 2.24) is 4.90 Å². The smallest absolute Gasteiger partial charge is 0.254 e. The van der Waals surface area contributed by atoms with Crippen LogP contribution in [0.3, 0.4) is 0 Å². The van der Waals surface area contributed by atoms with Gasteiger partial charge in [0.2, 0.25) is 0 Å². The number of hydrogen-bond donors (Lipinski definition) is 1. The maximum absolute atomic E-state index is 12.4. The average Bonchev–Trinajstić information content (AvgIpc) is 2.66. The first-order chi connectivity index (χ1) is 7.53. The van der Waals surface area contributed by atoms with Crippen LogP contribution >= 0.6 is 0 Å². The van der Waals surface area contributed by atoms with Crippen molar-refractivity contribution in [3.63, 3.8) is 0 Å². The first-order valence-electron chi connectivity index (χ1n) is 6.23. The topological polar surface area (TPSA) is 55.6 Å². The Morgan fingerprint density at radius 3 is 2.88 bits per heavy atom. The maximum Gasteiger partial charge on any atom is 0.254 e. The van der Waals surface area contributed by atoms with Crippen LogP contribution in [-0.2, 0) is 9.53 Å². The summed E-state index contributed by atoms with van der Waals surface area (Å²) in [4.78, 5) is 14.4. The number of piperidine rings is 1. The fraction of sp³-hybridized carbons (Fsp3) is 0.917. The van der Waals surface area contributed by atoms with Crippen molar-refractivity contribution in [2.24, 2.45) is 5.73 Å². The number of rotatable bonds is 1. The Hall–Kier alpha value is -0.610. The summed E-state index contributed by atoms with van der Waals surface area (Å²) in [6, 6.07) is 0.494. The van der Waals surface area contributed by atoms with Gasteiger partial charge in [0, 0.05) is 25.2 Å². The number of carbonyl (C=O) groups is 1. The van der Waals surface area contributed by atoms with Crippen LogP contribution in [0.5, 0.6) is 0 Å². The Kier molecular flexibility index (Phi) is 3.22. The predicted molar refractivity (Wildman–Crippen MR) is 62.0 cm³/mol. The Labute approximate surface area is 97.1 Å². The Morgan fingerprint density at radius 1 is 1.56 bits per heavy atom. The molecular weight excluding hydrogens is 204 g/mol. The van der Waals surface area contributed by atoms with Crippen molar-refractivity contribution in [3.8, 4) is 0 Å². The highest BCUT2D eigenvalue weighted by Gasteiger charge is 2.42. The van der Waals surface area contributed by atoms with E-state index in [4.69, 9.17) is 10.5 Å². The highest BCUT2D eigenvalue weighted by molar-refractivity contribution is 5.85. The molecule has 2 aliphatic heterocycles. The van der Waals surface area contributed by atoms with Crippen LogP contribution in [0.1, 0.15) is 39.5 Å². The maximum atomic E-state index is 12.4. The highest BCUT2D eigenvalue weighted by Crippen LogP contribution is 2.29. The van der Waals surface area contributed by atoms with Crippen LogP contribution in [-0.4, -0.2) is 41.6 Å². The summed E-state index contributed by atoms with van der Waals surface area (Å²) >= 11 is 0. The molecule has 2 rings (SSSR count). The van der Waals surface area contributed by atoms with Gasteiger partial charge in [0.15, 0.2) is 0 Å². The van der Waals surface area contributed by atoms with E-state index in [2.05, 4.69) is 6.92 Å². The molecule has 0 aliphatic carbocycles. The van der Waals surface area contributed by atoms with Gasteiger partial charge in [-0.25, -0.2) is 0 Å². The van der Waals surface area contributed by atoms with Crippen molar-refractivity contribution in [3.05, 3.63) is 0 Å². The van der Waals surface area contributed by atoms with E-state index in [-0.39, 0.29) is 18.0 Å². The lowest BCUT2D eigenvalue weighted by atomic mass is 9.94. The number of carbonyl (C=O) groups excluding carboxylic acids is 1. The van der Waals surface area contributed by atoms with Crippen LogP contribution in [0.15, 0.2) is 0 Å². The molecule has 0 saturated carbocycles. The quantitative estimate of drug-likeness (QED) is 0.722. The second-order valence-corrected chi connectivity index (χ2v) is 5.31. The van der Waals surface area contributed by atoms with Gasteiger partial charge in [-0.15, -0.1) is 0 Å². The molecule has 2 fully saturated rings. The van der Waals surface area contributed by atoms with Crippen molar-refractivity contribution in [2.75, 3.05) is 13.2 Å². The van der Waals surface area contributed by atoms with E-state index in [1.165, 1.54) is 0 Å². The lowest BCUT2D eigenvalue weighted by Gasteiger charge is -2.40. The molecule has 0 radical (unpaired) electrons. The zero-order valence-electron chi connectivity index (χ0n) is 10.2. The van der Waals surface area contributed by atoms with E-state index >= 15 is 0 Å². The molecule has 4 nitrogen and oxygen atoms in total. The first-order valence-corrected chi connectivity index (χ1v) is 6.23. The van der Waals surface area contributed by atoms with Gasteiger partial charge < -0.3 is 15.4 Å². The van der Waals surface area contributed by atoms with Gasteiger partial charge in [-0.3, -0.25) is 4.79 Å². The molecule has 0 aromatic carbocycles. The molecule has 2 N–H and O–H groups in total. The minimum atomic E-state index is -0.574. The predicted octanol–water partition coefficient (Wildman–Crippen LogP) is 0.894. The van der Waals surface area contributed by atoms with Gasteiger partial charge in [0.05, 0.1) is 0 Å². The third-order valence-electron chi connectivity index (χ3n) is 3.85. The molecular formula is C12H22N2O2. The fourth-order valence-electron chi connectivity index (χ4n) is 2.76. The third-order valence-corrected chi connectivity index (χ3v) is 3.85. The van der Waals surface area contributed by atoms with Gasteiger partial charge in [-0.05, 0) is 39.5 Å². The summed E-state index contributed by atoms with van der Waals surface area (Å²) < 4.78 is 5.61. The molecule has 0 bridgehead atoms. The monoisotopic (exact) mass is 226 g/mol. The van der Waals surface area contributed by atoms with E-state index < -0.39 is 5.60 Å². The lowest BCUT2D eigenvalue weighted by molar-refractivity contribution is -0.154. The van der Waals surface area contributed by atoms with E-state index in [9.17, 15) is 4.79 Å². The summed E-state index contributed by atoms with van der Waals surface area (Å²) in [5.74, 6) is 0.157. The van der Waals surface area contributed by atoms with Crippen molar-refractivity contribution < 1.29 is 9.53 Å². The zero-order valence-corrected chi connectivity index (χ0v) is 10.2. The number of ether oxygens (including phenoxy) is 1. The van der Waals surface area contributed by atoms with Gasteiger partial charge in [-0.1, -0.05) is 0 Å².